The molecule has 5 heteroatoms. The molecule has 1 N–H and O–H groups in total. The van der Waals surface area contributed by atoms with Gasteiger partial charge in [0.1, 0.15) is 0 Å². The van der Waals surface area contributed by atoms with Crippen LogP contribution in [0.4, 0.5) is 0 Å². The molecule has 0 saturated carbocycles. The highest BCUT2D eigenvalue weighted by Crippen LogP contribution is 2.14. The molecule has 0 aliphatic rings. The van der Waals surface area contributed by atoms with Crippen LogP contribution in [0.15, 0.2) is 36.8 Å². The van der Waals surface area contributed by atoms with Crippen molar-refractivity contribution >= 4 is 23.4 Å². The summed E-state index contributed by atoms with van der Waals surface area (Å²) in [5, 5.41) is 0. The van der Waals surface area contributed by atoms with Crippen LogP contribution in [-0.2, 0) is 6.54 Å². The van der Waals surface area contributed by atoms with Crippen LogP contribution in [0.25, 0.3) is 11.2 Å². The third-order valence-electron chi connectivity index (χ3n) is 3.01. The highest BCUT2D eigenvalue weighted by molar-refractivity contribution is 7.71. The quantitative estimate of drug-likeness (QED) is 0.717. The standard InChI is InChI=1S/C13H12N4S/c1-9-4-6-14-7-10(9)8-17-12-11(16-13(17)18)3-2-5-15-12/h2-7H,8H2,1H3,(H,16,18). The fourth-order valence-corrected chi connectivity index (χ4v) is 2.23. The average Bonchev–Trinajstić information content (AvgIpc) is 2.69. The molecule has 0 unspecified atom stereocenters. The van der Waals surface area contributed by atoms with Gasteiger partial charge < -0.3 is 4.98 Å². The lowest BCUT2D eigenvalue weighted by Crippen LogP contribution is -2.02. The summed E-state index contributed by atoms with van der Waals surface area (Å²) in [6.07, 6.45) is 5.45. The van der Waals surface area contributed by atoms with E-state index in [1.165, 1.54) is 5.56 Å². The summed E-state index contributed by atoms with van der Waals surface area (Å²) >= 11 is 5.34. The Labute approximate surface area is 109 Å². The second-order valence-corrected chi connectivity index (χ2v) is 4.58. The molecular formula is C13H12N4S. The summed E-state index contributed by atoms with van der Waals surface area (Å²) in [7, 11) is 0. The topological polar surface area (TPSA) is 46.5 Å². The van der Waals surface area contributed by atoms with Gasteiger partial charge in [-0.3, -0.25) is 9.55 Å². The Hall–Kier alpha value is -2.01. The van der Waals surface area contributed by atoms with E-state index in [0.717, 1.165) is 16.7 Å². The number of imidazole rings is 1. The first-order valence-corrected chi connectivity index (χ1v) is 6.09. The number of rotatable bonds is 2. The number of fused-ring (bicyclic) bond motifs is 1. The predicted molar refractivity (Wildman–Crippen MR) is 73.0 cm³/mol. The molecule has 3 rings (SSSR count). The van der Waals surface area contributed by atoms with Crippen molar-refractivity contribution in [3.05, 3.63) is 52.7 Å². The summed E-state index contributed by atoms with van der Waals surface area (Å²) in [4.78, 5) is 11.7. The summed E-state index contributed by atoms with van der Waals surface area (Å²) in [6.45, 7) is 2.76. The number of nitrogens with one attached hydrogen (secondary N) is 1. The Bertz CT molecular complexity index is 757. The molecule has 18 heavy (non-hydrogen) atoms. The molecule has 0 aliphatic heterocycles. The molecular weight excluding hydrogens is 244 g/mol. The molecule has 4 nitrogen and oxygen atoms in total. The molecule has 0 saturated heterocycles. The largest absolute Gasteiger partial charge is 0.329 e. The molecule has 3 heterocycles. The van der Waals surface area contributed by atoms with Crippen molar-refractivity contribution in [2.45, 2.75) is 13.5 Å². The van der Waals surface area contributed by atoms with E-state index >= 15 is 0 Å². The van der Waals surface area contributed by atoms with Crippen LogP contribution in [0.1, 0.15) is 11.1 Å². The Morgan fingerprint density at radius 3 is 3.06 bits per heavy atom. The van der Waals surface area contributed by atoms with Crippen molar-refractivity contribution in [3.8, 4) is 0 Å². The molecule has 0 bridgehead atoms. The van der Waals surface area contributed by atoms with Gasteiger partial charge in [0.15, 0.2) is 10.4 Å². The maximum Gasteiger partial charge on any atom is 0.179 e. The Kier molecular flexibility index (Phi) is 2.68. The monoisotopic (exact) mass is 256 g/mol. The molecule has 3 aromatic rings. The fourth-order valence-electron chi connectivity index (χ4n) is 1.97. The Morgan fingerprint density at radius 2 is 2.22 bits per heavy atom. The van der Waals surface area contributed by atoms with Gasteiger partial charge in [0.2, 0.25) is 0 Å². The molecule has 0 atom stereocenters. The molecule has 0 amide bonds. The van der Waals surface area contributed by atoms with Gasteiger partial charge in [0.05, 0.1) is 12.1 Å². The van der Waals surface area contributed by atoms with Crippen LogP contribution in [0.5, 0.6) is 0 Å². The average molecular weight is 256 g/mol. The van der Waals surface area contributed by atoms with Gasteiger partial charge in [-0.2, -0.15) is 0 Å². The van der Waals surface area contributed by atoms with Crippen LogP contribution >= 0.6 is 12.2 Å². The van der Waals surface area contributed by atoms with E-state index in [-0.39, 0.29) is 0 Å². The zero-order valence-corrected chi connectivity index (χ0v) is 10.7. The normalized spacial score (nSPS) is 10.9. The van der Waals surface area contributed by atoms with E-state index in [9.17, 15) is 0 Å². The lowest BCUT2D eigenvalue weighted by molar-refractivity contribution is 0.791. The third-order valence-corrected chi connectivity index (χ3v) is 3.33. The first kappa shape index (κ1) is 11.1. The summed E-state index contributed by atoms with van der Waals surface area (Å²) in [5.74, 6) is 0. The van der Waals surface area contributed by atoms with Crippen molar-refractivity contribution in [2.75, 3.05) is 0 Å². The first-order chi connectivity index (χ1) is 8.75. The lowest BCUT2D eigenvalue weighted by atomic mass is 10.1. The number of nitrogens with zero attached hydrogens (tertiary/aromatic N) is 3. The van der Waals surface area contributed by atoms with Gasteiger partial charge in [-0.15, -0.1) is 0 Å². The fraction of sp³-hybridized carbons (Fsp3) is 0.154. The minimum absolute atomic E-state index is 0.687. The lowest BCUT2D eigenvalue weighted by Gasteiger charge is -2.06. The maximum absolute atomic E-state index is 5.34. The molecule has 90 valence electrons. The van der Waals surface area contributed by atoms with Gasteiger partial charge >= 0.3 is 0 Å². The number of aromatic amines is 1. The van der Waals surface area contributed by atoms with Crippen LogP contribution in [-0.4, -0.2) is 19.5 Å². The molecule has 0 fully saturated rings. The van der Waals surface area contributed by atoms with Crippen LogP contribution in [0.2, 0.25) is 0 Å². The van der Waals surface area contributed by atoms with Gasteiger partial charge in [0, 0.05) is 18.6 Å². The van der Waals surface area contributed by atoms with Crippen LogP contribution < -0.4 is 0 Å². The molecule has 3 aromatic heterocycles. The van der Waals surface area contributed by atoms with Gasteiger partial charge in [-0.25, -0.2) is 4.98 Å². The predicted octanol–water partition coefficient (Wildman–Crippen LogP) is 2.85. The number of pyridine rings is 2. The van der Waals surface area contributed by atoms with Crippen molar-refractivity contribution in [1.29, 1.82) is 0 Å². The number of hydrogen-bond acceptors (Lipinski definition) is 3. The number of H-pyrrole nitrogens is 1. The molecule has 0 aromatic carbocycles. The second kappa shape index (κ2) is 4.34. The maximum atomic E-state index is 5.34. The van der Waals surface area contributed by atoms with Crippen LogP contribution in [0.3, 0.4) is 0 Å². The third kappa shape index (κ3) is 1.82. The smallest absolute Gasteiger partial charge is 0.179 e. The van der Waals surface area contributed by atoms with E-state index < -0.39 is 0 Å². The number of aryl methyl sites for hydroxylation is 1. The second-order valence-electron chi connectivity index (χ2n) is 4.19. The van der Waals surface area contributed by atoms with Gasteiger partial charge in [0.25, 0.3) is 0 Å². The van der Waals surface area contributed by atoms with Crippen molar-refractivity contribution in [1.82, 2.24) is 19.5 Å². The summed E-state index contributed by atoms with van der Waals surface area (Å²) in [6, 6.07) is 5.87. The molecule has 0 aliphatic carbocycles. The molecule has 0 radical (unpaired) electrons. The minimum atomic E-state index is 0.687. The Balaban J connectivity index is 2.13. The zero-order valence-electron chi connectivity index (χ0n) is 9.92. The Morgan fingerprint density at radius 1 is 1.33 bits per heavy atom. The highest BCUT2D eigenvalue weighted by atomic mass is 32.1. The summed E-state index contributed by atoms with van der Waals surface area (Å²) in [5.41, 5.74) is 4.20. The van der Waals surface area contributed by atoms with Gasteiger partial charge in [-0.1, -0.05) is 0 Å². The van der Waals surface area contributed by atoms with Gasteiger partial charge in [-0.05, 0) is 48.5 Å². The van der Waals surface area contributed by atoms with E-state index in [1.54, 1.807) is 12.4 Å². The SMILES string of the molecule is Cc1ccncc1Cn1c(=S)[nH]c2cccnc21. The van der Waals surface area contributed by atoms with E-state index in [1.807, 2.05) is 29.0 Å². The van der Waals surface area contributed by atoms with Crippen molar-refractivity contribution in [3.63, 3.8) is 0 Å². The van der Waals surface area contributed by atoms with E-state index in [2.05, 4.69) is 21.9 Å². The zero-order chi connectivity index (χ0) is 12.5. The first-order valence-electron chi connectivity index (χ1n) is 5.69. The minimum Gasteiger partial charge on any atom is -0.329 e. The van der Waals surface area contributed by atoms with Crippen molar-refractivity contribution < 1.29 is 0 Å². The highest BCUT2D eigenvalue weighted by Gasteiger charge is 2.06. The number of hydrogen-bond donors (Lipinski definition) is 1. The molecule has 0 spiro atoms. The summed E-state index contributed by atoms with van der Waals surface area (Å²) < 4.78 is 2.68. The van der Waals surface area contributed by atoms with Crippen molar-refractivity contribution in [2.24, 2.45) is 0 Å². The van der Waals surface area contributed by atoms with E-state index in [4.69, 9.17) is 12.2 Å². The van der Waals surface area contributed by atoms with Crippen LogP contribution in [0, 0.1) is 11.7 Å². The number of aromatic nitrogens is 4. The van der Waals surface area contributed by atoms with E-state index in [0.29, 0.717) is 11.3 Å².